The highest BCUT2D eigenvalue weighted by Gasteiger charge is 2.35. The van der Waals surface area contributed by atoms with Crippen molar-refractivity contribution in [3.63, 3.8) is 0 Å². The van der Waals surface area contributed by atoms with Crippen molar-refractivity contribution < 1.29 is 19.4 Å². The van der Waals surface area contributed by atoms with Crippen LogP contribution in [0.2, 0.25) is 0 Å². The Morgan fingerprint density at radius 1 is 1.11 bits per heavy atom. The van der Waals surface area contributed by atoms with Gasteiger partial charge in [-0.1, -0.05) is 6.07 Å². The summed E-state index contributed by atoms with van der Waals surface area (Å²) in [6.07, 6.45) is -0.0273. The molecule has 144 valence electrons. The molecule has 0 bridgehead atoms. The number of nitrogens with zero attached hydrogens (tertiary/aromatic N) is 3. The highest BCUT2D eigenvalue weighted by molar-refractivity contribution is 6.03. The van der Waals surface area contributed by atoms with Crippen LogP contribution in [0.25, 0.3) is 0 Å². The molecule has 0 radical (unpaired) electrons. The van der Waals surface area contributed by atoms with Gasteiger partial charge in [0.05, 0.1) is 21.5 Å². The number of carbonyl (C=O) groups excluding carboxylic acids is 2. The number of non-ortho nitro benzene ring substituents is 1. The number of hydrogen-bond donors (Lipinski definition) is 1. The molecule has 28 heavy (non-hydrogen) atoms. The van der Waals surface area contributed by atoms with E-state index in [-0.39, 0.29) is 30.2 Å². The van der Waals surface area contributed by atoms with E-state index in [0.717, 1.165) is 0 Å². The number of aryl methyl sites for hydroxylation is 1. The smallest absolute Gasteiger partial charge is 0.274 e. The number of benzene rings is 2. The molecule has 2 aromatic rings. The lowest BCUT2D eigenvalue weighted by molar-refractivity contribution is -0.385. The van der Waals surface area contributed by atoms with E-state index >= 15 is 0 Å². The Kier molecular flexibility index (Phi) is 5.03. The SMILES string of the molecule is Cc1ccc(N2C[C@@H](C(=O)Nc3ccc([N+](=O)[O-])cc3)CC2=O)cc1[N+](=O)[O-]. The Morgan fingerprint density at radius 3 is 2.39 bits per heavy atom. The van der Waals surface area contributed by atoms with Gasteiger partial charge in [0, 0.05) is 42.4 Å². The molecule has 1 N–H and O–H groups in total. The summed E-state index contributed by atoms with van der Waals surface area (Å²) in [5.74, 6) is -1.34. The fraction of sp³-hybridized carbons (Fsp3) is 0.222. The van der Waals surface area contributed by atoms with Crippen molar-refractivity contribution in [3.8, 4) is 0 Å². The molecule has 1 aliphatic heterocycles. The quantitative estimate of drug-likeness (QED) is 0.622. The van der Waals surface area contributed by atoms with Gasteiger partial charge in [-0.05, 0) is 25.1 Å². The van der Waals surface area contributed by atoms with E-state index in [2.05, 4.69) is 5.32 Å². The van der Waals surface area contributed by atoms with Crippen LogP contribution in [0.15, 0.2) is 42.5 Å². The molecule has 0 aliphatic carbocycles. The largest absolute Gasteiger partial charge is 0.326 e. The number of carbonyl (C=O) groups is 2. The van der Waals surface area contributed by atoms with Crippen LogP contribution in [-0.2, 0) is 9.59 Å². The molecule has 2 amide bonds. The average molecular weight is 384 g/mol. The zero-order valence-corrected chi connectivity index (χ0v) is 14.8. The summed E-state index contributed by atoms with van der Waals surface area (Å²) in [6, 6.07) is 9.85. The highest BCUT2D eigenvalue weighted by atomic mass is 16.6. The Balaban J connectivity index is 1.71. The van der Waals surface area contributed by atoms with Crippen LogP contribution in [-0.4, -0.2) is 28.2 Å². The van der Waals surface area contributed by atoms with E-state index in [1.165, 1.54) is 35.2 Å². The zero-order chi connectivity index (χ0) is 20.4. The molecule has 1 saturated heterocycles. The Bertz CT molecular complexity index is 973. The minimum absolute atomic E-state index is 0.0273. The number of anilines is 2. The minimum atomic E-state index is -0.636. The van der Waals surface area contributed by atoms with E-state index in [9.17, 15) is 29.8 Å². The first-order valence-corrected chi connectivity index (χ1v) is 8.37. The summed E-state index contributed by atoms with van der Waals surface area (Å²) in [6.45, 7) is 1.70. The third kappa shape index (κ3) is 3.80. The van der Waals surface area contributed by atoms with Crippen molar-refractivity contribution in [2.24, 2.45) is 5.92 Å². The predicted octanol–water partition coefficient (Wildman–Crippen LogP) is 2.80. The Hall–Kier alpha value is -3.82. The molecule has 1 heterocycles. The Morgan fingerprint density at radius 2 is 1.79 bits per heavy atom. The first-order chi connectivity index (χ1) is 13.3. The van der Waals surface area contributed by atoms with Crippen molar-refractivity contribution >= 4 is 34.6 Å². The highest BCUT2D eigenvalue weighted by Crippen LogP contribution is 2.30. The molecule has 2 aromatic carbocycles. The maximum atomic E-state index is 12.5. The fourth-order valence-electron chi connectivity index (χ4n) is 3.01. The van der Waals surface area contributed by atoms with Gasteiger partial charge in [0.15, 0.2) is 0 Å². The molecule has 0 unspecified atom stereocenters. The zero-order valence-electron chi connectivity index (χ0n) is 14.8. The van der Waals surface area contributed by atoms with Crippen molar-refractivity contribution in [1.29, 1.82) is 0 Å². The number of hydrogen-bond acceptors (Lipinski definition) is 6. The first-order valence-electron chi connectivity index (χ1n) is 8.37. The molecule has 3 rings (SSSR count). The van der Waals surface area contributed by atoms with Crippen LogP contribution in [0.3, 0.4) is 0 Å². The molecular formula is C18H16N4O6. The van der Waals surface area contributed by atoms with Crippen LogP contribution < -0.4 is 10.2 Å². The first kappa shape index (κ1) is 19.0. The normalized spacial score (nSPS) is 16.1. The van der Waals surface area contributed by atoms with Crippen molar-refractivity contribution in [1.82, 2.24) is 0 Å². The lowest BCUT2D eigenvalue weighted by atomic mass is 10.1. The fourth-order valence-corrected chi connectivity index (χ4v) is 3.01. The molecule has 0 saturated carbocycles. The molecule has 1 atom stereocenters. The molecule has 1 aliphatic rings. The predicted molar refractivity (Wildman–Crippen MR) is 100 cm³/mol. The van der Waals surface area contributed by atoms with Gasteiger partial charge in [0.25, 0.3) is 11.4 Å². The summed E-state index contributed by atoms with van der Waals surface area (Å²) < 4.78 is 0. The lowest BCUT2D eigenvalue weighted by Crippen LogP contribution is -2.28. The van der Waals surface area contributed by atoms with Crippen molar-refractivity contribution in [2.75, 3.05) is 16.8 Å². The maximum absolute atomic E-state index is 12.5. The van der Waals surface area contributed by atoms with Gasteiger partial charge in [0.2, 0.25) is 11.8 Å². The molecule has 10 heteroatoms. The maximum Gasteiger partial charge on any atom is 0.274 e. The summed E-state index contributed by atoms with van der Waals surface area (Å²) in [5.41, 5.74) is 1.04. The van der Waals surface area contributed by atoms with Gasteiger partial charge in [-0.2, -0.15) is 0 Å². The van der Waals surface area contributed by atoms with Crippen LogP contribution >= 0.6 is 0 Å². The molecule has 10 nitrogen and oxygen atoms in total. The summed E-state index contributed by atoms with van der Waals surface area (Å²) in [5, 5.41) is 24.4. The van der Waals surface area contributed by atoms with Gasteiger partial charge in [0.1, 0.15) is 0 Å². The number of nitrogens with one attached hydrogen (secondary N) is 1. The lowest BCUT2D eigenvalue weighted by Gasteiger charge is -2.17. The second kappa shape index (κ2) is 7.43. The molecule has 1 fully saturated rings. The summed E-state index contributed by atoms with van der Waals surface area (Å²) in [7, 11) is 0. The third-order valence-corrected chi connectivity index (χ3v) is 4.54. The number of rotatable bonds is 5. The molecule has 0 aromatic heterocycles. The van der Waals surface area contributed by atoms with Crippen molar-refractivity contribution in [2.45, 2.75) is 13.3 Å². The van der Waals surface area contributed by atoms with E-state index < -0.39 is 21.7 Å². The van der Waals surface area contributed by atoms with Gasteiger partial charge >= 0.3 is 0 Å². The second-order valence-corrected chi connectivity index (χ2v) is 6.43. The topological polar surface area (TPSA) is 136 Å². The van der Waals surface area contributed by atoms with Crippen LogP contribution in [0.1, 0.15) is 12.0 Å². The Labute approximate surface area is 159 Å². The number of amides is 2. The van der Waals surface area contributed by atoms with E-state index in [1.54, 1.807) is 19.1 Å². The monoisotopic (exact) mass is 384 g/mol. The van der Waals surface area contributed by atoms with Gasteiger partial charge in [-0.3, -0.25) is 29.8 Å². The van der Waals surface area contributed by atoms with Crippen LogP contribution in [0.5, 0.6) is 0 Å². The number of nitro groups is 2. The van der Waals surface area contributed by atoms with Gasteiger partial charge in [-0.15, -0.1) is 0 Å². The summed E-state index contributed by atoms with van der Waals surface area (Å²) >= 11 is 0. The van der Waals surface area contributed by atoms with Crippen LogP contribution in [0, 0.1) is 33.1 Å². The summed E-state index contributed by atoms with van der Waals surface area (Å²) in [4.78, 5) is 46.9. The van der Waals surface area contributed by atoms with Crippen LogP contribution in [0.4, 0.5) is 22.7 Å². The molecule has 0 spiro atoms. The van der Waals surface area contributed by atoms with E-state index in [4.69, 9.17) is 0 Å². The standard InChI is InChI=1S/C18H16N4O6/c1-11-2-5-15(9-16(11)22(27)28)20-10-12(8-17(20)23)18(24)19-13-3-6-14(7-4-13)21(25)26/h2-7,9,12H,8,10H2,1H3,(H,19,24)/t12-/m0/s1. The van der Waals surface area contributed by atoms with Gasteiger partial charge in [-0.25, -0.2) is 0 Å². The minimum Gasteiger partial charge on any atom is -0.326 e. The van der Waals surface area contributed by atoms with Crippen molar-refractivity contribution in [3.05, 3.63) is 68.3 Å². The molecular weight excluding hydrogens is 368 g/mol. The van der Waals surface area contributed by atoms with E-state index in [1.807, 2.05) is 0 Å². The second-order valence-electron chi connectivity index (χ2n) is 6.43. The average Bonchev–Trinajstić information content (AvgIpc) is 3.04. The van der Waals surface area contributed by atoms with E-state index in [0.29, 0.717) is 16.9 Å². The number of nitro benzene ring substituents is 2. The third-order valence-electron chi connectivity index (χ3n) is 4.54. The van der Waals surface area contributed by atoms with Gasteiger partial charge < -0.3 is 10.2 Å².